The summed E-state index contributed by atoms with van der Waals surface area (Å²) in [7, 11) is 0. The van der Waals surface area contributed by atoms with Crippen LogP contribution in [-0.2, 0) is 6.54 Å². The Morgan fingerprint density at radius 1 is 1.18 bits per heavy atom. The van der Waals surface area contributed by atoms with Crippen LogP contribution in [0.15, 0.2) is 60.8 Å². The predicted molar refractivity (Wildman–Crippen MR) is 115 cm³/mol. The van der Waals surface area contributed by atoms with Crippen LogP contribution in [0, 0.1) is 6.92 Å². The first kappa shape index (κ1) is 18.8. The van der Waals surface area contributed by atoms with E-state index in [1.165, 1.54) is 5.69 Å². The molecule has 0 unspecified atom stereocenters. The first-order chi connectivity index (χ1) is 13.6. The third kappa shape index (κ3) is 3.98. The molecule has 5 heteroatoms. The highest BCUT2D eigenvalue weighted by atomic mass is 35.5. The van der Waals surface area contributed by atoms with Crippen molar-refractivity contribution in [2.24, 2.45) is 5.73 Å². The molecule has 2 N–H and O–H groups in total. The lowest BCUT2D eigenvalue weighted by Gasteiger charge is -2.22. The summed E-state index contributed by atoms with van der Waals surface area (Å²) in [5.74, 6) is 0.686. The highest BCUT2D eigenvalue weighted by Crippen LogP contribution is 2.33. The van der Waals surface area contributed by atoms with Crippen LogP contribution in [0.4, 0.5) is 5.69 Å². The molecular weight excluding hydrogens is 370 g/mol. The van der Waals surface area contributed by atoms with Gasteiger partial charge in [0, 0.05) is 48.0 Å². The average molecular weight is 394 g/mol. The van der Waals surface area contributed by atoms with E-state index in [4.69, 9.17) is 22.1 Å². The van der Waals surface area contributed by atoms with Crippen molar-refractivity contribution in [2.75, 3.05) is 18.0 Å². The van der Waals surface area contributed by atoms with E-state index in [9.17, 15) is 0 Å². The van der Waals surface area contributed by atoms with E-state index in [2.05, 4.69) is 28.1 Å². The molecule has 1 aliphatic heterocycles. The van der Waals surface area contributed by atoms with Crippen molar-refractivity contribution >= 4 is 17.3 Å². The molecule has 0 bridgehead atoms. The summed E-state index contributed by atoms with van der Waals surface area (Å²) in [5, 5.41) is 0.749. The zero-order valence-corrected chi connectivity index (χ0v) is 16.7. The van der Waals surface area contributed by atoms with Crippen molar-refractivity contribution in [3.05, 3.63) is 76.9 Å². The van der Waals surface area contributed by atoms with Crippen LogP contribution in [-0.4, -0.2) is 24.2 Å². The molecule has 0 aliphatic carbocycles. The molecule has 0 saturated carbocycles. The first-order valence-electron chi connectivity index (χ1n) is 9.56. The van der Waals surface area contributed by atoms with Crippen LogP contribution in [0.5, 0.6) is 5.88 Å². The van der Waals surface area contributed by atoms with E-state index in [0.717, 1.165) is 46.8 Å². The fourth-order valence-corrected chi connectivity index (χ4v) is 3.90. The van der Waals surface area contributed by atoms with E-state index >= 15 is 0 Å². The number of aryl methyl sites for hydroxylation is 1. The van der Waals surface area contributed by atoms with Gasteiger partial charge in [0.25, 0.3) is 0 Å². The Bertz CT molecular complexity index is 958. The molecule has 28 heavy (non-hydrogen) atoms. The molecule has 1 aliphatic rings. The van der Waals surface area contributed by atoms with Gasteiger partial charge in [-0.05, 0) is 41.8 Å². The second-order valence-electron chi connectivity index (χ2n) is 7.18. The minimum Gasteiger partial charge on any atom is -0.472 e. The molecular formula is C23H24ClN3O. The highest BCUT2D eigenvalue weighted by Gasteiger charge is 2.26. The molecule has 0 spiro atoms. The highest BCUT2D eigenvalue weighted by molar-refractivity contribution is 6.33. The minimum atomic E-state index is 0.129. The molecule has 3 aromatic rings. The van der Waals surface area contributed by atoms with Gasteiger partial charge in [-0.25, -0.2) is 4.98 Å². The van der Waals surface area contributed by atoms with E-state index in [-0.39, 0.29) is 6.10 Å². The molecule has 1 fully saturated rings. The smallest absolute Gasteiger partial charge is 0.213 e. The van der Waals surface area contributed by atoms with Crippen molar-refractivity contribution in [3.63, 3.8) is 0 Å². The van der Waals surface area contributed by atoms with Crippen LogP contribution < -0.4 is 15.4 Å². The van der Waals surface area contributed by atoms with Crippen LogP contribution in [0.3, 0.4) is 0 Å². The fraction of sp³-hybridized carbons (Fsp3) is 0.261. The second kappa shape index (κ2) is 8.21. The predicted octanol–water partition coefficient (Wildman–Crippen LogP) is 4.83. The van der Waals surface area contributed by atoms with E-state index in [0.29, 0.717) is 12.4 Å². The molecule has 2 aromatic carbocycles. The second-order valence-corrected chi connectivity index (χ2v) is 7.58. The summed E-state index contributed by atoms with van der Waals surface area (Å²) >= 11 is 6.36. The molecule has 2 heterocycles. The number of nitrogens with two attached hydrogens (primary N) is 1. The van der Waals surface area contributed by atoms with Crippen molar-refractivity contribution in [1.82, 2.24) is 4.98 Å². The van der Waals surface area contributed by atoms with Crippen molar-refractivity contribution in [1.29, 1.82) is 0 Å². The van der Waals surface area contributed by atoms with E-state index < -0.39 is 0 Å². The van der Waals surface area contributed by atoms with Gasteiger partial charge in [0.15, 0.2) is 0 Å². The molecule has 0 radical (unpaired) electrons. The summed E-state index contributed by atoms with van der Waals surface area (Å²) < 4.78 is 6.06. The van der Waals surface area contributed by atoms with Crippen molar-refractivity contribution < 1.29 is 4.74 Å². The Labute approximate surface area is 170 Å². The van der Waals surface area contributed by atoms with Gasteiger partial charge in [-0.15, -0.1) is 0 Å². The molecule has 144 valence electrons. The van der Waals surface area contributed by atoms with Crippen LogP contribution in [0.1, 0.15) is 17.5 Å². The standard InChI is InChI=1S/C23H24ClN3O/c1-16-6-9-23(26-14-16)28-19-10-11-27(15-19)22-8-7-17(12-18(22)13-25)20-4-2-3-5-21(20)24/h2-9,12,14,19H,10-11,13,15,25H2,1H3/t19-/m0/s1. The summed E-state index contributed by atoms with van der Waals surface area (Å²) in [6, 6.07) is 18.2. The number of nitrogens with zero attached hydrogens (tertiary/aromatic N) is 2. The zero-order valence-electron chi connectivity index (χ0n) is 15.9. The largest absolute Gasteiger partial charge is 0.472 e. The van der Waals surface area contributed by atoms with Gasteiger partial charge in [-0.1, -0.05) is 41.9 Å². The number of ether oxygens (including phenoxy) is 1. The third-order valence-corrected chi connectivity index (χ3v) is 5.47. The van der Waals surface area contributed by atoms with Crippen LogP contribution in [0.2, 0.25) is 5.02 Å². The van der Waals surface area contributed by atoms with Crippen molar-refractivity contribution in [3.8, 4) is 17.0 Å². The Balaban J connectivity index is 1.51. The number of aromatic nitrogens is 1. The number of pyridine rings is 1. The zero-order chi connectivity index (χ0) is 19.5. The maximum Gasteiger partial charge on any atom is 0.213 e. The summed E-state index contributed by atoms with van der Waals surface area (Å²) in [6.07, 6.45) is 2.93. The number of halogens is 1. The third-order valence-electron chi connectivity index (χ3n) is 5.14. The first-order valence-corrected chi connectivity index (χ1v) is 9.94. The van der Waals surface area contributed by atoms with Crippen molar-refractivity contribution in [2.45, 2.75) is 26.0 Å². The van der Waals surface area contributed by atoms with Gasteiger partial charge in [0.2, 0.25) is 5.88 Å². The number of benzene rings is 2. The monoisotopic (exact) mass is 393 g/mol. The number of hydrogen-bond donors (Lipinski definition) is 1. The molecule has 4 nitrogen and oxygen atoms in total. The molecule has 1 saturated heterocycles. The lowest BCUT2D eigenvalue weighted by atomic mass is 10.0. The maximum absolute atomic E-state index is 6.36. The van der Waals surface area contributed by atoms with Gasteiger partial charge in [0.1, 0.15) is 6.10 Å². The van der Waals surface area contributed by atoms with Gasteiger partial charge < -0.3 is 15.4 Å². The number of hydrogen-bond acceptors (Lipinski definition) is 4. The van der Waals surface area contributed by atoms with Crippen LogP contribution >= 0.6 is 11.6 Å². The Morgan fingerprint density at radius 3 is 2.79 bits per heavy atom. The Hall–Kier alpha value is -2.56. The molecule has 1 atom stereocenters. The minimum absolute atomic E-state index is 0.129. The molecule has 0 amide bonds. The fourth-order valence-electron chi connectivity index (χ4n) is 3.66. The molecule has 1 aromatic heterocycles. The van der Waals surface area contributed by atoms with E-state index in [1.54, 1.807) is 0 Å². The Morgan fingerprint density at radius 2 is 2.04 bits per heavy atom. The topological polar surface area (TPSA) is 51.4 Å². The van der Waals surface area contributed by atoms with Gasteiger partial charge >= 0.3 is 0 Å². The molecule has 4 rings (SSSR count). The normalized spacial score (nSPS) is 16.4. The Kier molecular flexibility index (Phi) is 5.51. The summed E-state index contributed by atoms with van der Waals surface area (Å²) in [5.41, 5.74) is 11.6. The maximum atomic E-state index is 6.36. The van der Waals surface area contributed by atoms with E-state index in [1.807, 2.05) is 49.5 Å². The number of anilines is 1. The van der Waals surface area contributed by atoms with Gasteiger partial charge in [0.05, 0.1) is 6.54 Å². The average Bonchev–Trinajstić information content (AvgIpc) is 3.18. The number of rotatable bonds is 5. The summed E-state index contributed by atoms with van der Waals surface area (Å²) in [4.78, 5) is 6.70. The summed E-state index contributed by atoms with van der Waals surface area (Å²) in [6.45, 7) is 4.27. The quantitative estimate of drug-likeness (QED) is 0.674. The van der Waals surface area contributed by atoms with Crippen LogP contribution in [0.25, 0.3) is 11.1 Å². The lowest BCUT2D eigenvalue weighted by molar-refractivity contribution is 0.216. The van der Waals surface area contributed by atoms with Gasteiger partial charge in [-0.2, -0.15) is 0 Å². The lowest BCUT2D eigenvalue weighted by Crippen LogP contribution is -2.26. The SMILES string of the molecule is Cc1ccc(O[C@H]2CCN(c3ccc(-c4ccccc4Cl)cc3CN)C2)nc1. The van der Waals surface area contributed by atoms with Gasteiger partial charge in [-0.3, -0.25) is 0 Å².